The molecule has 1 aromatic heterocycles. The molecule has 17 heavy (non-hydrogen) atoms. The number of halogens is 1. The monoisotopic (exact) mass is 238 g/mol. The fourth-order valence-corrected chi connectivity index (χ4v) is 2.55. The van der Waals surface area contributed by atoms with Crippen molar-refractivity contribution < 1.29 is 4.39 Å². The summed E-state index contributed by atoms with van der Waals surface area (Å²) in [6, 6.07) is 0.387. The molecule has 0 saturated heterocycles. The Kier molecular flexibility index (Phi) is 3.76. The van der Waals surface area contributed by atoms with Crippen LogP contribution in [-0.2, 0) is 0 Å². The molecular formula is C12H19FN4. The van der Waals surface area contributed by atoms with E-state index in [1.165, 1.54) is 19.3 Å². The second-order valence-corrected chi connectivity index (χ2v) is 4.48. The highest BCUT2D eigenvalue weighted by atomic mass is 19.1. The molecule has 94 valence electrons. The minimum absolute atomic E-state index is 0.135. The third-order valence-electron chi connectivity index (χ3n) is 3.37. The van der Waals surface area contributed by atoms with Crippen LogP contribution in [0.2, 0.25) is 0 Å². The largest absolute Gasteiger partial charge is 0.368 e. The first-order valence-electron chi connectivity index (χ1n) is 6.27. The Hall–Kier alpha value is -1.39. The molecule has 1 heterocycles. The van der Waals surface area contributed by atoms with Gasteiger partial charge in [-0.05, 0) is 19.8 Å². The molecule has 1 aromatic rings. The normalized spacial score (nSPS) is 17.1. The minimum atomic E-state index is -0.383. The first-order chi connectivity index (χ1) is 8.22. The average molecular weight is 238 g/mol. The van der Waals surface area contributed by atoms with Crippen molar-refractivity contribution >= 4 is 11.8 Å². The Labute approximate surface area is 101 Å². The van der Waals surface area contributed by atoms with E-state index < -0.39 is 0 Å². The molecule has 0 radical (unpaired) electrons. The van der Waals surface area contributed by atoms with Crippen molar-refractivity contribution in [3.63, 3.8) is 0 Å². The van der Waals surface area contributed by atoms with Crippen LogP contribution in [-0.4, -0.2) is 22.6 Å². The van der Waals surface area contributed by atoms with Crippen LogP contribution >= 0.6 is 0 Å². The Morgan fingerprint density at radius 3 is 2.76 bits per heavy atom. The van der Waals surface area contributed by atoms with Crippen molar-refractivity contribution in [3.05, 3.63) is 12.0 Å². The molecule has 0 unspecified atom stereocenters. The van der Waals surface area contributed by atoms with Crippen LogP contribution in [0.5, 0.6) is 0 Å². The van der Waals surface area contributed by atoms with Gasteiger partial charge in [0.05, 0.1) is 6.20 Å². The molecule has 0 spiro atoms. The van der Waals surface area contributed by atoms with E-state index in [2.05, 4.69) is 9.97 Å². The summed E-state index contributed by atoms with van der Waals surface area (Å²) in [5.74, 6) is 0.106. The number of nitrogens with two attached hydrogens (primary N) is 1. The van der Waals surface area contributed by atoms with E-state index in [-0.39, 0.29) is 11.8 Å². The van der Waals surface area contributed by atoms with Crippen molar-refractivity contribution in [2.24, 2.45) is 0 Å². The zero-order valence-corrected chi connectivity index (χ0v) is 10.2. The average Bonchev–Trinajstić information content (AvgIpc) is 2.36. The van der Waals surface area contributed by atoms with Gasteiger partial charge in [0.1, 0.15) is 0 Å². The van der Waals surface area contributed by atoms with Gasteiger partial charge >= 0.3 is 0 Å². The van der Waals surface area contributed by atoms with Gasteiger partial charge in [-0.15, -0.1) is 0 Å². The maximum atomic E-state index is 13.7. The van der Waals surface area contributed by atoms with Crippen LogP contribution in [0.4, 0.5) is 16.2 Å². The number of nitrogen functional groups attached to an aromatic ring is 1. The molecule has 1 aliphatic rings. The maximum absolute atomic E-state index is 13.7. The molecule has 0 bridgehead atoms. The lowest BCUT2D eigenvalue weighted by molar-refractivity contribution is 0.412. The highest BCUT2D eigenvalue weighted by Crippen LogP contribution is 2.27. The van der Waals surface area contributed by atoms with Crippen LogP contribution in [0.3, 0.4) is 0 Å². The molecule has 0 aromatic carbocycles. The maximum Gasteiger partial charge on any atom is 0.222 e. The topological polar surface area (TPSA) is 55.0 Å². The van der Waals surface area contributed by atoms with Gasteiger partial charge in [0.2, 0.25) is 5.95 Å². The van der Waals surface area contributed by atoms with E-state index in [9.17, 15) is 4.39 Å². The molecule has 0 aliphatic heterocycles. The van der Waals surface area contributed by atoms with Gasteiger partial charge in [0.15, 0.2) is 11.6 Å². The van der Waals surface area contributed by atoms with Gasteiger partial charge in [-0.2, -0.15) is 4.98 Å². The van der Waals surface area contributed by atoms with E-state index >= 15 is 0 Å². The quantitative estimate of drug-likeness (QED) is 0.878. The molecular weight excluding hydrogens is 219 g/mol. The molecule has 1 aliphatic carbocycles. The number of rotatable bonds is 3. The Balaban J connectivity index is 2.24. The standard InChI is InChI=1S/C12H19FN4/c1-2-17(9-6-4-3-5-7-9)11-10(13)8-15-12(14)16-11/h8-9H,2-7H2,1H3,(H2,14,15,16). The second kappa shape index (κ2) is 5.29. The Morgan fingerprint density at radius 1 is 1.41 bits per heavy atom. The Bertz CT molecular complexity index is 377. The van der Waals surface area contributed by atoms with Gasteiger partial charge in [-0.25, -0.2) is 9.37 Å². The smallest absolute Gasteiger partial charge is 0.222 e. The van der Waals surface area contributed by atoms with Crippen LogP contribution in [0.1, 0.15) is 39.0 Å². The molecule has 5 heteroatoms. The van der Waals surface area contributed by atoms with Crippen LogP contribution in [0.15, 0.2) is 6.20 Å². The summed E-state index contributed by atoms with van der Waals surface area (Å²) in [5, 5.41) is 0. The van der Waals surface area contributed by atoms with Crippen molar-refractivity contribution in [2.45, 2.75) is 45.1 Å². The second-order valence-electron chi connectivity index (χ2n) is 4.48. The SMILES string of the molecule is CCN(c1nc(N)ncc1F)C1CCCCC1. The fraction of sp³-hybridized carbons (Fsp3) is 0.667. The molecule has 4 nitrogen and oxygen atoms in total. The number of hydrogen-bond donors (Lipinski definition) is 1. The predicted molar refractivity (Wildman–Crippen MR) is 66.3 cm³/mol. The number of hydrogen-bond acceptors (Lipinski definition) is 4. The summed E-state index contributed by atoms with van der Waals surface area (Å²) in [6.45, 7) is 2.77. The number of anilines is 2. The number of aromatic nitrogens is 2. The molecule has 2 N–H and O–H groups in total. The lowest BCUT2D eigenvalue weighted by Gasteiger charge is -2.34. The van der Waals surface area contributed by atoms with E-state index in [0.29, 0.717) is 11.9 Å². The summed E-state index contributed by atoms with van der Waals surface area (Å²) >= 11 is 0. The van der Waals surface area contributed by atoms with E-state index in [4.69, 9.17) is 5.73 Å². The van der Waals surface area contributed by atoms with Crippen molar-refractivity contribution in [1.29, 1.82) is 0 Å². The minimum Gasteiger partial charge on any atom is -0.368 e. The lowest BCUT2D eigenvalue weighted by Crippen LogP contribution is -2.38. The van der Waals surface area contributed by atoms with Gasteiger partial charge < -0.3 is 10.6 Å². The molecule has 1 fully saturated rings. The van der Waals surface area contributed by atoms with Gasteiger partial charge in [0, 0.05) is 12.6 Å². The van der Waals surface area contributed by atoms with Crippen LogP contribution < -0.4 is 10.6 Å². The predicted octanol–water partition coefficient (Wildman–Crippen LogP) is 2.36. The van der Waals surface area contributed by atoms with Gasteiger partial charge in [0.25, 0.3) is 0 Å². The summed E-state index contributed by atoms with van der Waals surface area (Å²) < 4.78 is 13.7. The third kappa shape index (κ3) is 2.65. The van der Waals surface area contributed by atoms with E-state index in [1.807, 2.05) is 11.8 Å². The molecule has 2 rings (SSSR count). The van der Waals surface area contributed by atoms with E-state index in [1.54, 1.807) is 0 Å². The Morgan fingerprint density at radius 2 is 2.12 bits per heavy atom. The highest BCUT2D eigenvalue weighted by Gasteiger charge is 2.23. The van der Waals surface area contributed by atoms with Gasteiger partial charge in [-0.3, -0.25) is 0 Å². The molecule has 1 saturated carbocycles. The van der Waals surface area contributed by atoms with Crippen molar-refractivity contribution in [1.82, 2.24) is 9.97 Å². The summed E-state index contributed by atoms with van der Waals surface area (Å²) in [6.07, 6.45) is 7.08. The van der Waals surface area contributed by atoms with Crippen molar-refractivity contribution in [3.8, 4) is 0 Å². The zero-order chi connectivity index (χ0) is 12.3. The molecule has 0 atom stereocenters. The summed E-state index contributed by atoms with van der Waals surface area (Å²) in [5.41, 5.74) is 5.53. The first kappa shape index (κ1) is 12.1. The lowest BCUT2D eigenvalue weighted by atomic mass is 9.94. The van der Waals surface area contributed by atoms with Crippen molar-refractivity contribution in [2.75, 3.05) is 17.2 Å². The van der Waals surface area contributed by atoms with Crippen LogP contribution in [0, 0.1) is 5.82 Å². The molecule has 0 amide bonds. The van der Waals surface area contributed by atoms with Crippen LogP contribution in [0.25, 0.3) is 0 Å². The highest BCUT2D eigenvalue weighted by molar-refractivity contribution is 5.43. The third-order valence-corrected chi connectivity index (χ3v) is 3.37. The van der Waals surface area contributed by atoms with E-state index in [0.717, 1.165) is 25.6 Å². The number of nitrogens with zero attached hydrogens (tertiary/aromatic N) is 3. The first-order valence-corrected chi connectivity index (χ1v) is 6.27. The summed E-state index contributed by atoms with van der Waals surface area (Å²) in [7, 11) is 0. The van der Waals surface area contributed by atoms with Gasteiger partial charge in [-0.1, -0.05) is 19.3 Å². The fourth-order valence-electron chi connectivity index (χ4n) is 2.55. The zero-order valence-electron chi connectivity index (χ0n) is 10.2. The summed E-state index contributed by atoms with van der Waals surface area (Å²) in [4.78, 5) is 9.72.